The van der Waals surface area contributed by atoms with E-state index in [2.05, 4.69) is 19.6 Å². The van der Waals surface area contributed by atoms with Gasteiger partial charge in [0.15, 0.2) is 0 Å². The van der Waals surface area contributed by atoms with Gasteiger partial charge in [0.25, 0.3) is 10.1 Å². The second-order valence-electron chi connectivity index (χ2n) is 9.19. The lowest BCUT2D eigenvalue weighted by molar-refractivity contribution is 0.0819. The Morgan fingerprint density at radius 1 is 1.18 bits per heavy atom. The quantitative estimate of drug-likeness (QED) is 0.204. The molecule has 2 heterocycles. The van der Waals surface area contributed by atoms with Gasteiger partial charge in [0.05, 0.1) is 18.5 Å². The number of rotatable bonds is 11. The molecule has 0 bridgehead atoms. The van der Waals surface area contributed by atoms with Crippen molar-refractivity contribution < 1.29 is 31.7 Å². The molecule has 3 rings (SSSR count). The largest absolute Gasteiger partial charge is 0.441 e. The summed E-state index contributed by atoms with van der Waals surface area (Å²) in [5, 5.41) is 0. The SMILES string of the molecule is C[Si](C)(C)CCOCn1cccc1C(=O)c1ccc(N2CC(COS(C)(=O)=O)OC2=O)cc1. The van der Waals surface area contributed by atoms with E-state index in [0.717, 1.165) is 12.3 Å². The third-order valence-electron chi connectivity index (χ3n) is 5.07. The van der Waals surface area contributed by atoms with Crippen molar-refractivity contribution in [3.05, 3.63) is 53.9 Å². The number of hydrogen-bond donors (Lipinski definition) is 0. The van der Waals surface area contributed by atoms with E-state index >= 15 is 0 Å². The van der Waals surface area contributed by atoms with Gasteiger partial charge in [0, 0.05) is 32.1 Å². The molecule has 2 aromatic rings. The molecule has 1 saturated heterocycles. The Labute approximate surface area is 195 Å². The zero-order valence-corrected chi connectivity index (χ0v) is 21.1. The molecule has 1 atom stereocenters. The topological polar surface area (TPSA) is 104 Å². The number of cyclic esters (lactones) is 1. The number of amides is 1. The van der Waals surface area contributed by atoms with Crippen molar-refractivity contribution in [3.63, 3.8) is 0 Å². The molecule has 0 spiro atoms. The summed E-state index contributed by atoms with van der Waals surface area (Å²) in [7, 11) is -4.80. The van der Waals surface area contributed by atoms with Crippen molar-refractivity contribution in [2.45, 2.75) is 38.5 Å². The Hall–Kier alpha value is -2.47. The predicted molar refractivity (Wildman–Crippen MR) is 127 cm³/mol. The predicted octanol–water partition coefficient (Wildman–Crippen LogP) is 3.33. The molecule has 1 aromatic heterocycles. The van der Waals surface area contributed by atoms with Gasteiger partial charge in [-0.15, -0.1) is 0 Å². The van der Waals surface area contributed by atoms with Crippen LogP contribution in [-0.2, 0) is 30.5 Å². The number of carbonyl (C=O) groups excluding carboxylic acids is 2. The van der Waals surface area contributed by atoms with Gasteiger partial charge >= 0.3 is 6.09 Å². The smallest absolute Gasteiger partial charge is 0.414 e. The lowest BCUT2D eigenvalue weighted by Crippen LogP contribution is -2.26. The summed E-state index contributed by atoms with van der Waals surface area (Å²) in [5.41, 5.74) is 1.54. The molecule has 0 saturated carbocycles. The first-order valence-corrected chi connectivity index (χ1v) is 16.2. The van der Waals surface area contributed by atoms with Gasteiger partial charge in [0.2, 0.25) is 5.78 Å². The molecule has 33 heavy (non-hydrogen) atoms. The van der Waals surface area contributed by atoms with Crippen LogP contribution in [-0.4, -0.2) is 65.1 Å². The molecule has 1 aliphatic heterocycles. The molecule has 9 nitrogen and oxygen atoms in total. The zero-order chi connectivity index (χ0) is 24.2. The van der Waals surface area contributed by atoms with E-state index in [0.29, 0.717) is 30.3 Å². The first-order valence-electron chi connectivity index (χ1n) is 10.6. The van der Waals surface area contributed by atoms with E-state index in [1.165, 1.54) is 4.90 Å². The van der Waals surface area contributed by atoms with Crippen LogP contribution in [0.25, 0.3) is 0 Å². The number of ketones is 1. The van der Waals surface area contributed by atoms with Crippen LogP contribution < -0.4 is 4.90 Å². The number of carbonyl (C=O) groups is 2. The monoisotopic (exact) mass is 494 g/mol. The van der Waals surface area contributed by atoms with Gasteiger partial charge in [-0.25, -0.2) is 4.79 Å². The van der Waals surface area contributed by atoms with E-state index in [4.69, 9.17) is 13.7 Å². The van der Waals surface area contributed by atoms with Crippen molar-refractivity contribution in [2.24, 2.45) is 0 Å². The molecule has 1 amide bonds. The number of benzene rings is 1. The summed E-state index contributed by atoms with van der Waals surface area (Å²) in [5.74, 6) is -0.149. The Morgan fingerprint density at radius 2 is 1.88 bits per heavy atom. The highest BCUT2D eigenvalue weighted by molar-refractivity contribution is 7.85. The summed E-state index contributed by atoms with van der Waals surface area (Å²) in [6, 6.07) is 11.2. The van der Waals surface area contributed by atoms with Crippen molar-refractivity contribution in [2.75, 3.05) is 30.9 Å². The average Bonchev–Trinajstić information content (AvgIpc) is 3.34. The fourth-order valence-corrected chi connectivity index (χ4v) is 4.39. The normalized spacial score (nSPS) is 16.8. The van der Waals surface area contributed by atoms with Crippen molar-refractivity contribution in [3.8, 4) is 0 Å². The molecule has 0 aliphatic carbocycles. The average molecular weight is 495 g/mol. The van der Waals surface area contributed by atoms with Crippen LogP contribution in [0.3, 0.4) is 0 Å². The van der Waals surface area contributed by atoms with E-state index < -0.39 is 30.4 Å². The fraction of sp³-hybridized carbons (Fsp3) is 0.455. The highest BCUT2D eigenvalue weighted by Gasteiger charge is 2.33. The Morgan fingerprint density at radius 3 is 2.52 bits per heavy atom. The third-order valence-corrected chi connectivity index (χ3v) is 7.34. The van der Waals surface area contributed by atoms with E-state index in [1.54, 1.807) is 34.9 Å². The molecule has 1 unspecified atom stereocenters. The number of hydrogen-bond acceptors (Lipinski definition) is 7. The van der Waals surface area contributed by atoms with Crippen LogP contribution in [0.1, 0.15) is 16.1 Å². The first kappa shape index (κ1) is 25.2. The Bertz CT molecular complexity index is 1090. The highest BCUT2D eigenvalue weighted by atomic mass is 32.2. The van der Waals surface area contributed by atoms with Crippen LogP contribution >= 0.6 is 0 Å². The summed E-state index contributed by atoms with van der Waals surface area (Å²) in [6.07, 6.45) is 1.46. The van der Waals surface area contributed by atoms with E-state index in [9.17, 15) is 18.0 Å². The lowest BCUT2D eigenvalue weighted by Gasteiger charge is -2.16. The third kappa shape index (κ3) is 7.26. The number of anilines is 1. The summed E-state index contributed by atoms with van der Waals surface area (Å²) in [6.45, 7) is 7.75. The molecule has 11 heteroatoms. The van der Waals surface area contributed by atoms with E-state index in [-0.39, 0.29) is 18.9 Å². The van der Waals surface area contributed by atoms with Crippen LogP contribution in [0.4, 0.5) is 10.5 Å². The Kier molecular flexibility index (Phi) is 7.78. The van der Waals surface area contributed by atoms with Crippen molar-refractivity contribution >= 4 is 35.8 Å². The highest BCUT2D eigenvalue weighted by Crippen LogP contribution is 2.23. The first-order chi connectivity index (χ1) is 15.4. The van der Waals surface area contributed by atoms with Crippen LogP contribution in [0.5, 0.6) is 0 Å². The van der Waals surface area contributed by atoms with Gasteiger partial charge in [-0.05, 0) is 42.4 Å². The van der Waals surface area contributed by atoms with Gasteiger partial charge in [-0.1, -0.05) is 19.6 Å². The number of nitrogens with zero attached hydrogens (tertiary/aromatic N) is 2. The standard InChI is InChI=1S/C22H30N2O7SSi/c1-32(27,28)30-15-19-14-24(22(26)31-19)18-9-7-17(8-10-18)21(25)20-6-5-11-23(20)16-29-12-13-33(2,3)4/h5-11,19H,12-16H2,1-4H3. The maximum atomic E-state index is 13.0. The molecule has 1 aliphatic rings. The minimum absolute atomic E-state index is 0.149. The number of ether oxygens (including phenoxy) is 2. The second kappa shape index (κ2) is 10.2. The van der Waals surface area contributed by atoms with Gasteiger partial charge in [-0.3, -0.25) is 13.9 Å². The van der Waals surface area contributed by atoms with E-state index in [1.807, 2.05) is 12.3 Å². The minimum atomic E-state index is -3.62. The number of aromatic nitrogens is 1. The molecular weight excluding hydrogens is 464 g/mol. The van der Waals surface area contributed by atoms with Crippen molar-refractivity contribution in [1.82, 2.24) is 4.57 Å². The zero-order valence-electron chi connectivity index (χ0n) is 19.3. The van der Waals surface area contributed by atoms with Gasteiger partial charge < -0.3 is 14.0 Å². The summed E-state index contributed by atoms with van der Waals surface area (Å²) in [4.78, 5) is 26.5. The molecule has 0 radical (unpaired) electrons. The van der Waals surface area contributed by atoms with Crippen molar-refractivity contribution in [1.29, 1.82) is 0 Å². The molecule has 180 valence electrons. The molecule has 1 fully saturated rings. The van der Waals surface area contributed by atoms with Gasteiger partial charge in [-0.2, -0.15) is 8.42 Å². The van der Waals surface area contributed by atoms with Crippen LogP contribution in [0.2, 0.25) is 25.7 Å². The maximum Gasteiger partial charge on any atom is 0.414 e. The lowest BCUT2D eigenvalue weighted by atomic mass is 10.1. The van der Waals surface area contributed by atoms with Crippen LogP contribution in [0, 0.1) is 0 Å². The van der Waals surface area contributed by atoms with Gasteiger partial charge in [0.1, 0.15) is 19.4 Å². The molecular formula is C22H30N2O7SSi. The maximum absolute atomic E-state index is 13.0. The second-order valence-corrected chi connectivity index (χ2v) is 16.5. The van der Waals surface area contributed by atoms with Crippen LogP contribution in [0.15, 0.2) is 42.6 Å². The molecule has 0 N–H and O–H groups in total. The minimum Gasteiger partial charge on any atom is -0.441 e. The molecule has 1 aromatic carbocycles. The fourth-order valence-electron chi connectivity index (χ4n) is 3.23. The summed E-state index contributed by atoms with van der Waals surface area (Å²) >= 11 is 0. The summed E-state index contributed by atoms with van der Waals surface area (Å²) < 4.78 is 39.7. The Balaban J connectivity index is 1.61.